The van der Waals surface area contributed by atoms with Gasteiger partial charge in [-0.1, -0.05) is 260 Å². The summed E-state index contributed by atoms with van der Waals surface area (Å²) in [5, 5.41) is 9.21. The van der Waals surface area contributed by atoms with E-state index in [0.717, 1.165) is 61.6 Å². The fourth-order valence-corrected chi connectivity index (χ4v) is 10.1. The Morgan fingerprint density at radius 3 is 1.53 bits per heavy atom. The fourth-order valence-electron chi connectivity index (χ4n) is 10.1. The molecule has 0 aromatic carbocycles. The second kappa shape index (κ2) is 59.2. The molecule has 0 radical (unpaired) electrons. The molecule has 4 heteroatoms. The molecule has 0 aromatic heterocycles. The maximum Gasteiger partial charge on any atom is 0.0665 e. The van der Waals surface area contributed by atoms with E-state index in [0.29, 0.717) is 23.5 Å². The Morgan fingerprint density at radius 2 is 1.10 bits per heavy atom. The molecular formula is C66H143NO3. The van der Waals surface area contributed by atoms with Crippen LogP contribution in [0.1, 0.15) is 321 Å². The molecule has 0 amide bonds. The van der Waals surface area contributed by atoms with Gasteiger partial charge in [-0.05, 0) is 131 Å². The van der Waals surface area contributed by atoms with Gasteiger partial charge in [-0.3, -0.25) is 0 Å². The van der Waals surface area contributed by atoms with Gasteiger partial charge in [0, 0.05) is 13.2 Å². The Kier molecular flexibility index (Phi) is 70.5. The standard InChI is InChI=1S/C37H67NO3.C4H8.7C3H8.2C2H6/c1-27(2)12-11-13-28(3)32-16-17-33-31-15-14-29-24-30(18-20-36(29,5)34(31)19-21-37(32,33)6)41-23-10-8-7-9-22-40-26-35(4,38)25-39;1-3-4-2;7*1-3-2;2*1-2/h14,27-28,30-34,39H,7-13,15-26,38H2,1-6H3;3-4H,1-2H3;7*3H2,1-2H3;2*1-2H3/b;4-3-;;;;;;;;;. The average Bonchev–Trinajstić information content (AvgIpc) is 3.69. The summed E-state index contributed by atoms with van der Waals surface area (Å²) in [6.45, 7) is 58.3. The summed E-state index contributed by atoms with van der Waals surface area (Å²) in [5.74, 6) is 5.45. The smallest absolute Gasteiger partial charge is 0.0665 e. The van der Waals surface area contributed by atoms with Gasteiger partial charge in [0.1, 0.15) is 0 Å². The van der Waals surface area contributed by atoms with E-state index in [-0.39, 0.29) is 6.61 Å². The number of unbranched alkanes of at least 4 members (excludes halogenated alkanes) is 3. The highest BCUT2D eigenvalue weighted by Gasteiger charge is 2.59. The molecule has 0 spiro atoms. The Balaban J connectivity index is -0.000000227. The number of aliphatic hydroxyl groups excluding tert-OH is 1. The Morgan fingerprint density at radius 1 is 0.643 bits per heavy atom. The lowest BCUT2D eigenvalue weighted by atomic mass is 9.47. The highest BCUT2D eigenvalue weighted by molar-refractivity contribution is 5.25. The number of aliphatic hydroxyl groups is 1. The summed E-state index contributed by atoms with van der Waals surface area (Å²) in [6, 6.07) is 0. The van der Waals surface area contributed by atoms with Crippen molar-refractivity contribution in [3.63, 3.8) is 0 Å². The van der Waals surface area contributed by atoms with Gasteiger partial charge < -0.3 is 20.3 Å². The first-order valence-electron chi connectivity index (χ1n) is 31.2. The molecule has 4 rings (SSSR count). The number of hydrogen-bond donors (Lipinski definition) is 2. The van der Waals surface area contributed by atoms with Crippen LogP contribution in [0.25, 0.3) is 0 Å². The van der Waals surface area contributed by atoms with Gasteiger partial charge in [0.25, 0.3) is 0 Å². The van der Waals surface area contributed by atoms with Gasteiger partial charge in [0.15, 0.2) is 0 Å². The zero-order valence-corrected chi connectivity index (χ0v) is 54.0. The molecule has 0 saturated heterocycles. The summed E-state index contributed by atoms with van der Waals surface area (Å²) in [4.78, 5) is 0. The lowest BCUT2D eigenvalue weighted by molar-refractivity contribution is -0.0641. The number of ether oxygens (including phenoxy) is 2. The van der Waals surface area contributed by atoms with Crippen molar-refractivity contribution in [2.75, 3.05) is 26.4 Å². The topological polar surface area (TPSA) is 64.7 Å². The molecule has 3 saturated carbocycles. The van der Waals surface area contributed by atoms with E-state index in [1.54, 1.807) is 5.57 Å². The number of allylic oxidation sites excluding steroid dienone is 3. The Bertz CT molecular complexity index is 997. The van der Waals surface area contributed by atoms with Crippen molar-refractivity contribution < 1.29 is 14.6 Å². The minimum atomic E-state index is -0.624. The maximum absolute atomic E-state index is 9.21. The fraction of sp³-hybridized carbons (Fsp3) is 0.939. The summed E-state index contributed by atoms with van der Waals surface area (Å²) in [7, 11) is 0. The Labute approximate surface area is 447 Å². The van der Waals surface area contributed by atoms with Crippen LogP contribution in [-0.2, 0) is 9.47 Å². The average molecular weight is 999 g/mol. The minimum absolute atomic E-state index is 0.0404. The summed E-state index contributed by atoms with van der Waals surface area (Å²) >= 11 is 0. The van der Waals surface area contributed by atoms with E-state index in [2.05, 4.69) is 138 Å². The molecule has 0 aromatic rings. The molecular weight excluding hydrogens is 855 g/mol. The molecule has 4 aliphatic carbocycles. The molecule has 9 unspecified atom stereocenters. The number of fused-ring (bicyclic) bond motifs is 5. The third-order valence-electron chi connectivity index (χ3n) is 12.9. The summed E-state index contributed by atoms with van der Waals surface area (Å²) in [6.07, 6.45) is 35.7. The van der Waals surface area contributed by atoms with Crippen molar-refractivity contribution in [2.45, 2.75) is 333 Å². The normalized spacial score (nSPS) is 24.3. The zero-order valence-electron chi connectivity index (χ0n) is 54.0. The van der Waals surface area contributed by atoms with Crippen LogP contribution in [0, 0.1) is 46.3 Å². The van der Waals surface area contributed by atoms with E-state index >= 15 is 0 Å². The van der Waals surface area contributed by atoms with Crippen LogP contribution < -0.4 is 5.73 Å². The SMILES string of the molecule is C/C=C\C.CC.CC.CC(C)CCCC(C)C1CCC2C3CC=C4CC(OCCCCCCOCC(C)(N)CO)CCC4(C)C3CCC12C.CCC.CCC.CCC.CCC.CCC.CCC.CCC. The highest BCUT2D eigenvalue weighted by atomic mass is 16.5. The largest absolute Gasteiger partial charge is 0.394 e. The zero-order chi connectivity index (χ0) is 56.0. The van der Waals surface area contributed by atoms with E-state index < -0.39 is 5.54 Å². The summed E-state index contributed by atoms with van der Waals surface area (Å²) < 4.78 is 12.1. The minimum Gasteiger partial charge on any atom is -0.394 e. The monoisotopic (exact) mass is 998 g/mol. The molecule has 70 heavy (non-hydrogen) atoms. The van der Waals surface area contributed by atoms with Gasteiger partial charge in [-0.25, -0.2) is 0 Å². The van der Waals surface area contributed by atoms with E-state index in [1.807, 2.05) is 60.6 Å². The third kappa shape index (κ3) is 41.6. The van der Waals surface area contributed by atoms with Crippen molar-refractivity contribution in [2.24, 2.45) is 52.1 Å². The molecule has 9 atom stereocenters. The molecule has 0 heterocycles. The number of rotatable bonds is 16. The van der Waals surface area contributed by atoms with Crippen molar-refractivity contribution >= 4 is 0 Å². The first-order valence-corrected chi connectivity index (χ1v) is 31.2. The molecule has 4 nitrogen and oxygen atoms in total. The highest BCUT2D eigenvalue weighted by Crippen LogP contribution is 2.67. The third-order valence-corrected chi connectivity index (χ3v) is 12.9. The van der Waals surface area contributed by atoms with Gasteiger partial charge in [0.05, 0.1) is 24.9 Å². The van der Waals surface area contributed by atoms with Crippen molar-refractivity contribution in [1.29, 1.82) is 0 Å². The van der Waals surface area contributed by atoms with Crippen LogP contribution in [0.3, 0.4) is 0 Å². The number of nitrogens with two attached hydrogens (primary N) is 1. The van der Waals surface area contributed by atoms with Crippen LogP contribution in [0.15, 0.2) is 23.8 Å². The van der Waals surface area contributed by atoms with Crippen LogP contribution in [-0.4, -0.2) is 43.2 Å². The second-order valence-electron chi connectivity index (χ2n) is 21.9. The van der Waals surface area contributed by atoms with Crippen molar-refractivity contribution in [1.82, 2.24) is 0 Å². The number of hydrogen-bond acceptors (Lipinski definition) is 4. The van der Waals surface area contributed by atoms with E-state index in [9.17, 15) is 5.11 Å². The Hall–Kier alpha value is -0.680. The van der Waals surface area contributed by atoms with Gasteiger partial charge in [0.2, 0.25) is 0 Å². The quantitative estimate of drug-likeness (QED) is 0.119. The molecule has 430 valence electrons. The van der Waals surface area contributed by atoms with E-state index in [1.165, 1.54) is 128 Å². The predicted octanol–water partition coefficient (Wildman–Crippen LogP) is 22.2. The molecule has 0 aliphatic heterocycles. The van der Waals surface area contributed by atoms with Crippen LogP contribution in [0.5, 0.6) is 0 Å². The van der Waals surface area contributed by atoms with E-state index in [4.69, 9.17) is 15.2 Å². The molecule has 3 N–H and O–H groups in total. The van der Waals surface area contributed by atoms with Crippen LogP contribution >= 0.6 is 0 Å². The predicted molar refractivity (Wildman–Crippen MR) is 327 cm³/mol. The van der Waals surface area contributed by atoms with Gasteiger partial charge in [-0.2, -0.15) is 0 Å². The summed E-state index contributed by atoms with van der Waals surface area (Å²) in [5.41, 5.74) is 8.04. The van der Waals surface area contributed by atoms with Crippen LogP contribution in [0.4, 0.5) is 0 Å². The second-order valence-corrected chi connectivity index (χ2v) is 21.9. The van der Waals surface area contributed by atoms with Crippen LogP contribution in [0.2, 0.25) is 0 Å². The first kappa shape index (κ1) is 83.3. The van der Waals surface area contributed by atoms with Gasteiger partial charge >= 0.3 is 0 Å². The molecule has 0 bridgehead atoms. The van der Waals surface area contributed by atoms with Crippen molar-refractivity contribution in [3.05, 3.63) is 23.8 Å². The van der Waals surface area contributed by atoms with Gasteiger partial charge in [-0.15, -0.1) is 0 Å². The molecule has 3 fully saturated rings. The lowest BCUT2D eigenvalue weighted by Crippen LogP contribution is -2.51. The lowest BCUT2D eigenvalue weighted by Gasteiger charge is -2.58. The molecule has 4 aliphatic rings. The maximum atomic E-state index is 9.21. The first-order chi connectivity index (χ1) is 33.3. The van der Waals surface area contributed by atoms with Crippen molar-refractivity contribution in [3.8, 4) is 0 Å².